The predicted molar refractivity (Wildman–Crippen MR) is 160 cm³/mol. The maximum Gasteiger partial charge on any atom is 0.408 e. The van der Waals surface area contributed by atoms with Crippen molar-refractivity contribution in [2.75, 3.05) is 13.7 Å². The lowest BCUT2D eigenvalue weighted by Gasteiger charge is -2.47. The fraction of sp³-hybridized carbons (Fsp3) is 0.742. The number of rotatable bonds is 15. The lowest BCUT2D eigenvalue weighted by atomic mass is 9.96. The molecule has 1 rings (SSSR count). The van der Waals surface area contributed by atoms with Crippen LogP contribution in [0.3, 0.4) is 0 Å². The summed E-state index contributed by atoms with van der Waals surface area (Å²) in [5.74, 6) is -0.727. The fourth-order valence-corrected chi connectivity index (χ4v) is 11.3. The zero-order valence-electron chi connectivity index (χ0n) is 26.8. The first-order valence-electron chi connectivity index (χ1n) is 14.6. The summed E-state index contributed by atoms with van der Waals surface area (Å²) in [6, 6.07) is 5.50. The minimum atomic E-state index is -2.26. The van der Waals surface area contributed by atoms with Crippen molar-refractivity contribution in [3.8, 4) is 0 Å². The molecule has 0 aliphatic heterocycles. The zero-order chi connectivity index (χ0) is 30.8. The van der Waals surface area contributed by atoms with Crippen molar-refractivity contribution >= 4 is 20.4 Å². The van der Waals surface area contributed by atoms with Crippen LogP contribution in [0.15, 0.2) is 24.3 Å². The number of carbonyl (C=O) groups is 2. The van der Waals surface area contributed by atoms with E-state index in [2.05, 4.69) is 60.7 Å². The molecule has 0 saturated carbocycles. The van der Waals surface area contributed by atoms with E-state index in [9.17, 15) is 14.0 Å². The minimum Gasteiger partial charge on any atom is -0.467 e. The number of esters is 1. The Morgan fingerprint density at radius 1 is 0.925 bits per heavy atom. The topological polar surface area (TPSA) is 83.1 Å². The van der Waals surface area contributed by atoms with E-state index < -0.39 is 32.0 Å². The number of amides is 1. The van der Waals surface area contributed by atoms with Gasteiger partial charge in [0.1, 0.15) is 17.5 Å². The van der Waals surface area contributed by atoms with Gasteiger partial charge in [-0.2, -0.15) is 0 Å². The Balaban J connectivity index is 3.28. The number of carbonyl (C=O) groups excluding carboxylic acids is 2. The van der Waals surface area contributed by atoms with Gasteiger partial charge < -0.3 is 24.0 Å². The normalized spacial score (nSPS) is 14.9. The van der Waals surface area contributed by atoms with Crippen molar-refractivity contribution in [1.82, 2.24) is 5.32 Å². The highest BCUT2D eigenvalue weighted by Gasteiger charge is 2.48. The van der Waals surface area contributed by atoms with Gasteiger partial charge in [-0.25, -0.2) is 14.0 Å². The summed E-state index contributed by atoms with van der Waals surface area (Å²) >= 11 is 0. The van der Waals surface area contributed by atoms with Gasteiger partial charge in [0.15, 0.2) is 0 Å². The Morgan fingerprint density at radius 2 is 1.45 bits per heavy atom. The van der Waals surface area contributed by atoms with Crippen LogP contribution in [-0.2, 0) is 29.9 Å². The van der Waals surface area contributed by atoms with Crippen LogP contribution in [0.4, 0.5) is 9.18 Å². The quantitative estimate of drug-likeness (QED) is 0.171. The molecule has 0 spiro atoms. The third-order valence-electron chi connectivity index (χ3n) is 7.34. The molecule has 0 aliphatic rings. The standard InChI is InChI=1S/C31H54FNO6Si/c1-20(2)28(39-40(21(3)4,22(5)6)23(7)8)27(19-24-13-15-25(32)16-14-24)37-18-17-26(29(34)36-12)33-30(35)38-31(9,10)11/h13-16,20-23,26-28H,17-19H2,1-12H3,(H,33,35)/t26-,27+,28-/m0/s1. The smallest absolute Gasteiger partial charge is 0.408 e. The fourth-order valence-electron chi connectivity index (χ4n) is 5.59. The van der Waals surface area contributed by atoms with Gasteiger partial charge in [0.25, 0.3) is 0 Å². The minimum absolute atomic E-state index is 0.143. The molecule has 0 saturated heterocycles. The van der Waals surface area contributed by atoms with Crippen molar-refractivity contribution in [1.29, 1.82) is 0 Å². The Kier molecular flexibility index (Phi) is 14.3. The molecule has 1 aromatic rings. The van der Waals surface area contributed by atoms with Crippen LogP contribution in [0, 0.1) is 11.7 Å². The Labute approximate surface area is 243 Å². The molecule has 0 aromatic heterocycles. The second kappa shape index (κ2) is 15.9. The third kappa shape index (κ3) is 10.8. The second-order valence-corrected chi connectivity index (χ2v) is 18.3. The van der Waals surface area contributed by atoms with E-state index in [0.717, 1.165) is 5.56 Å². The number of ether oxygens (including phenoxy) is 3. The van der Waals surface area contributed by atoms with Crippen molar-refractivity contribution in [3.05, 3.63) is 35.6 Å². The molecule has 0 heterocycles. The molecule has 3 atom stereocenters. The highest BCUT2D eigenvalue weighted by molar-refractivity contribution is 6.77. The number of benzene rings is 1. The maximum atomic E-state index is 13.7. The van der Waals surface area contributed by atoms with Crippen LogP contribution in [-0.4, -0.2) is 57.9 Å². The van der Waals surface area contributed by atoms with Crippen LogP contribution in [0.2, 0.25) is 16.6 Å². The van der Waals surface area contributed by atoms with Gasteiger partial charge in [0, 0.05) is 19.4 Å². The van der Waals surface area contributed by atoms with Gasteiger partial charge in [-0.05, 0) is 61.0 Å². The molecule has 7 nitrogen and oxygen atoms in total. The number of halogens is 1. The Hall–Kier alpha value is -1.97. The molecule has 40 heavy (non-hydrogen) atoms. The van der Waals surface area contributed by atoms with Gasteiger partial charge in [-0.3, -0.25) is 0 Å². The van der Waals surface area contributed by atoms with Crippen molar-refractivity contribution in [2.24, 2.45) is 5.92 Å². The number of methoxy groups -OCH3 is 1. The second-order valence-electron chi connectivity index (χ2n) is 12.9. The van der Waals surface area contributed by atoms with E-state index in [1.165, 1.54) is 19.2 Å². The summed E-state index contributed by atoms with van der Waals surface area (Å²) in [7, 11) is -0.981. The number of hydrogen-bond acceptors (Lipinski definition) is 6. The first kappa shape index (κ1) is 36.1. The van der Waals surface area contributed by atoms with Gasteiger partial charge in [0.2, 0.25) is 8.32 Å². The van der Waals surface area contributed by atoms with Crippen molar-refractivity contribution in [3.63, 3.8) is 0 Å². The van der Waals surface area contributed by atoms with Crippen LogP contribution in [0.25, 0.3) is 0 Å². The third-order valence-corrected chi connectivity index (χ3v) is 13.4. The first-order chi connectivity index (χ1) is 18.4. The van der Waals surface area contributed by atoms with E-state index in [-0.39, 0.29) is 37.0 Å². The molecule has 0 bridgehead atoms. The summed E-state index contributed by atoms with van der Waals surface area (Å²) in [6.45, 7) is 23.2. The molecule has 0 unspecified atom stereocenters. The summed E-state index contributed by atoms with van der Waals surface area (Å²) in [5, 5.41) is 2.61. The van der Waals surface area contributed by atoms with E-state index in [1.807, 2.05) is 0 Å². The zero-order valence-corrected chi connectivity index (χ0v) is 27.8. The lowest BCUT2D eigenvalue weighted by molar-refractivity contribution is -0.144. The molecular weight excluding hydrogens is 529 g/mol. The van der Waals surface area contributed by atoms with E-state index in [1.54, 1.807) is 32.9 Å². The van der Waals surface area contributed by atoms with Gasteiger partial charge in [-0.15, -0.1) is 0 Å². The molecule has 230 valence electrons. The van der Waals surface area contributed by atoms with Gasteiger partial charge >= 0.3 is 12.1 Å². The number of nitrogens with one attached hydrogen (secondary N) is 1. The summed E-state index contributed by atoms with van der Waals surface area (Å²) in [4.78, 5) is 24.8. The van der Waals surface area contributed by atoms with Crippen LogP contribution >= 0.6 is 0 Å². The molecule has 0 aliphatic carbocycles. The monoisotopic (exact) mass is 583 g/mol. The highest BCUT2D eigenvalue weighted by Crippen LogP contribution is 2.44. The average Bonchev–Trinajstić information content (AvgIpc) is 2.82. The molecule has 1 aromatic carbocycles. The van der Waals surface area contributed by atoms with Crippen LogP contribution in [0.1, 0.15) is 88.1 Å². The van der Waals surface area contributed by atoms with E-state index in [4.69, 9.17) is 18.6 Å². The number of alkyl carbamates (subject to hydrolysis) is 1. The Bertz CT molecular complexity index is 892. The molecule has 0 fully saturated rings. The van der Waals surface area contributed by atoms with E-state index >= 15 is 0 Å². The highest BCUT2D eigenvalue weighted by atomic mass is 28.4. The van der Waals surface area contributed by atoms with Crippen molar-refractivity contribution < 1.29 is 32.6 Å². The van der Waals surface area contributed by atoms with Crippen LogP contribution in [0.5, 0.6) is 0 Å². The summed E-state index contributed by atoms with van der Waals surface area (Å²) in [6.07, 6.45) is -0.564. The predicted octanol–water partition coefficient (Wildman–Crippen LogP) is 7.43. The molecular formula is C31H54FNO6Si. The van der Waals surface area contributed by atoms with Crippen molar-refractivity contribution in [2.45, 2.75) is 129 Å². The van der Waals surface area contributed by atoms with E-state index in [0.29, 0.717) is 23.0 Å². The van der Waals surface area contributed by atoms with Gasteiger partial charge in [-0.1, -0.05) is 67.5 Å². The summed E-state index contributed by atoms with van der Waals surface area (Å²) < 4.78 is 37.7. The van der Waals surface area contributed by atoms with Crippen LogP contribution < -0.4 is 5.32 Å². The SMILES string of the molecule is COC(=O)[C@H](CCO[C@H](Cc1ccc(F)cc1)[C@@H](O[Si](C(C)C)(C(C)C)C(C)C)C(C)C)NC(=O)OC(C)(C)C. The molecule has 1 N–H and O–H groups in total. The Morgan fingerprint density at radius 3 is 1.88 bits per heavy atom. The lowest BCUT2D eigenvalue weighted by Crippen LogP contribution is -2.54. The summed E-state index contributed by atoms with van der Waals surface area (Å²) in [5.41, 5.74) is 1.40. The number of hydrogen-bond donors (Lipinski definition) is 1. The molecule has 1 amide bonds. The first-order valence-corrected chi connectivity index (χ1v) is 16.7. The van der Waals surface area contributed by atoms with Gasteiger partial charge in [0.05, 0.1) is 19.3 Å². The molecule has 0 radical (unpaired) electrons. The molecule has 9 heteroatoms. The maximum absolute atomic E-state index is 13.7. The largest absolute Gasteiger partial charge is 0.467 e. The average molecular weight is 584 g/mol.